The summed E-state index contributed by atoms with van der Waals surface area (Å²) in [5.41, 5.74) is 2.52. The zero-order valence-corrected chi connectivity index (χ0v) is 16.0. The molecule has 4 rings (SSSR count). The van der Waals surface area contributed by atoms with Crippen LogP contribution in [0, 0.1) is 12.8 Å². The minimum atomic E-state index is 0.0680. The second kappa shape index (κ2) is 8.25. The number of rotatable bonds is 5. The Bertz CT molecular complexity index is 939. The van der Waals surface area contributed by atoms with Crippen molar-refractivity contribution >= 4 is 5.91 Å². The first-order valence-corrected chi connectivity index (χ1v) is 9.64. The van der Waals surface area contributed by atoms with Crippen LogP contribution >= 0.6 is 0 Å². The minimum absolute atomic E-state index is 0.0680. The number of nitrogens with zero attached hydrogens (tertiary/aromatic N) is 4. The highest BCUT2D eigenvalue weighted by Crippen LogP contribution is 2.21. The first kappa shape index (κ1) is 18.2. The number of amides is 1. The van der Waals surface area contributed by atoms with Gasteiger partial charge in [0.15, 0.2) is 0 Å². The fraction of sp³-hybridized carbons (Fsp3) is 0.318. The molecule has 28 heavy (non-hydrogen) atoms. The average molecular weight is 376 g/mol. The maximum absolute atomic E-state index is 13.0. The number of carbonyl (C=O) groups is 1. The molecule has 1 saturated heterocycles. The Morgan fingerprint density at radius 2 is 2.14 bits per heavy atom. The predicted molar refractivity (Wildman–Crippen MR) is 107 cm³/mol. The average Bonchev–Trinajstić information content (AvgIpc) is 3.27. The van der Waals surface area contributed by atoms with Crippen molar-refractivity contribution in [1.82, 2.24) is 19.7 Å². The highest BCUT2D eigenvalue weighted by molar-refractivity contribution is 5.94. The van der Waals surface area contributed by atoms with E-state index in [0.29, 0.717) is 18.1 Å². The first-order valence-electron chi connectivity index (χ1n) is 9.64. The van der Waals surface area contributed by atoms with Crippen LogP contribution in [0.15, 0.2) is 61.1 Å². The highest BCUT2D eigenvalue weighted by Gasteiger charge is 2.25. The summed E-state index contributed by atoms with van der Waals surface area (Å²) in [6, 6.07) is 13.3. The molecule has 6 nitrogen and oxygen atoms in total. The molecule has 2 aromatic heterocycles. The summed E-state index contributed by atoms with van der Waals surface area (Å²) >= 11 is 0. The molecule has 0 aliphatic carbocycles. The zero-order valence-electron chi connectivity index (χ0n) is 16.0. The molecular formula is C22H24N4O2. The van der Waals surface area contributed by atoms with Gasteiger partial charge in [-0.3, -0.25) is 9.78 Å². The van der Waals surface area contributed by atoms with Gasteiger partial charge in [-0.1, -0.05) is 6.07 Å². The predicted octanol–water partition coefficient (Wildman–Crippen LogP) is 3.51. The van der Waals surface area contributed by atoms with Crippen molar-refractivity contribution in [1.29, 1.82) is 0 Å². The number of piperidine rings is 1. The smallest absolute Gasteiger partial charge is 0.253 e. The quantitative estimate of drug-likeness (QED) is 0.684. The standard InChI is InChI=1S/C22H24N4O2/c1-17-13-21(8-10-23-17)28-16-18-5-3-11-25(15-18)22(27)19-6-2-7-20(14-19)26-12-4-9-24-26/h2,4,6-10,12-14,18H,3,5,11,15-16H2,1H3. The van der Waals surface area contributed by atoms with Gasteiger partial charge in [0, 0.05) is 54.9 Å². The lowest BCUT2D eigenvalue weighted by atomic mass is 9.98. The third-order valence-corrected chi connectivity index (χ3v) is 5.02. The second-order valence-corrected chi connectivity index (χ2v) is 7.20. The third kappa shape index (κ3) is 4.22. The Balaban J connectivity index is 1.40. The molecule has 144 valence electrons. The Kier molecular flexibility index (Phi) is 5.37. The molecule has 1 amide bonds. The molecule has 1 aromatic carbocycles. The van der Waals surface area contributed by atoms with E-state index in [0.717, 1.165) is 43.1 Å². The van der Waals surface area contributed by atoms with E-state index in [1.54, 1.807) is 17.1 Å². The van der Waals surface area contributed by atoms with E-state index < -0.39 is 0 Å². The van der Waals surface area contributed by atoms with Crippen LogP contribution in [0.1, 0.15) is 28.9 Å². The largest absolute Gasteiger partial charge is 0.493 e. The molecule has 1 aliphatic heterocycles. The van der Waals surface area contributed by atoms with Crippen molar-refractivity contribution in [2.75, 3.05) is 19.7 Å². The van der Waals surface area contributed by atoms with Crippen LogP contribution in [0.25, 0.3) is 5.69 Å². The van der Waals surface area contributed by atoms with E-state index >= 15 is 0 Å². The summed E-state index contributed by atoms with van der Waals surface area (Å²) < 4.78 is 7.70. The molecule has 0 N–H and O–H groups in total. The molecule has 1 atom stereocenters. The Hall–Kier alpha value is -3.15. The van der Waals surface area contributed by atoms with Crippen molar-refractivity contribution in [3.8, 4) is 11.4 Å². The van der Waals surface area contributed by atoms with Gasteiger partial charge in [0.25, 0.3) is 5.91 Å². The second-order valence-electron chi connectivity index (χ2n) is 7.20. The summed E-state index contributed by atoms with van der Waals surface area (Å²) in [6.07, 6.45) is 7.43. The van der Waals surface area contributed by atoms with Crippen LogP contribution in [0.2, 0.25) is 0 Å². The Labute approximate surface area is 164 Å². The molecule has 0 bridgehead atoms. The van der Waals surface area contributed by atoms with Crippen molar-refractivity contribution in [2.45, 2.75) is 19.8 Å². The molecular weight excluding hydrogens is 352 g/mol. The van der Waals surface area contributed by atoms with E-state index in [-0.39, 0.29) is 5.91 Å². The van der Waals surface area contributed by atoms with Crippen LogP contribution in [0.5, 0.6) is 5.75 Å². The number of aromatic nitrogens is 3. The van der Waals surface area contributed by atoms with Crippen LogP contribution < -0.4 is 4.74 Å². The molecule has 0 radical (unpaired) electrons. The number of likely N-dealkylation sites (tertiary alicyclic amines) is 1. The van der Waals surface area contributed by atoms with E-state index in [2.05, 4.69) is 10.1 Å². The van der Waals surface area contributed by atoms with Gasteiger partial charge < -0.3 is 9.64 Å². The molecule has 1 unspecified atom stereocenters. The fourth-order valence-corrected chi connectivity index (χ4v) is 3.59. The van der Waals surface area contributed by atoms with Gasteiger partial charge in [0.05, 0.1) is 12.3 Å². The number of benzene rings is 1. The summed E-state index contributed by atoms with van der Waals surface area (Å²) in [5.74, 6) is 1.24. The van der Waals surface area contributed by atoms with Crippen LogP contribution in [0.4, 0.5) is 0 Å². The van der Waals surface area contributed by atoms with Crippen molar-refractivity contribution in [3.63, 3.8) is 0 Å². The van der Waals surface area contributed by atoms with Crippen molar-refractivity contribution < 1.29 is 9.53 Å². The Morgan fingerprint density at radius 1 is 1.21 bits per heavy atom. The van der Waals surface area contributed by atoms with Gasteiger partial charge in [0.1, 0.15) is 5.75 Å². The molecule has 1 fully saturated rings. The SMILES string of the molecule is Cc1cc(OCC2CCCN(C(=O)c3cccc(-n4cccn4)c3)C2)ccn1. The number of carbonyl (C=O) groups excluding carboxylic acids is 1. The zero-order chi connectivity index (χ0) is 19.3. The van der Waals surface area contributed by atoms with E-state index in [1.165, 1.54) is 0 Å². The van der Waals surface area contributed by atoms with Gasteiger partial charge in [-0.25, -0.2) is 4.68 Å². The number of ether oxygens (including phenoxy) is 1. The lowest BCUT2D eigenvalue weighted by molar-refractivity contribution is 0.0633. The van der Waals surface area contributed by atoms with Crippen LogP contribution in [-0.4, -0.2) is 45.3 Å². The maximum Gasteiger partial charge on any atom is 0.253 e. The number of pyridine rings is 1. The summed E-state index contributed by atoms with van der Waals surface area (Å²) in [4.78, 5) is 19.2. The lowest BCUT2D eigenvalue weighted by Crippen LogP contribution is -2.41. The van der Waals surface area contributed by atoms with Crippen LogP contribution in [0.3, 0.4) is 0 Å². The first-order chi connectivity index (χ1) is 13.7. The van der Waals surface area contributed by atoms with Gasteiger partial charge in [-0.15, -0.1) is 0 Å². The summed E-state index contributed by atoms with van der Waals surface area (Å²) in [7, 11) is 0. The fourth-order valence-electron chi connectivity index (χ4n) is 3.59. The molecule has 3 aromatic rings. The van der Waals surface area contributed by atoms with Crippen LogP contribution in [-0.2, 0) is 0 Å². The topological polar surface area (TPSA) is 60.2 Å². The molecule has 3 heterocycles. The normalized spacial score (nSPS) is 16.8. The van der Waals surface area contributed by atoms with Gasteiger partial charge in [0.2, 0.25) is 0 Å². The highest BCUT2D eigenvalue weighted by atomic mass is 16.5. The maximum atomic E-state index is 13.0. The summed E-state index contributed by atoms with van der Waals surface area (Å²) in [6.45, 7) is 4.07. The molecule has 0 spiro atoms. The molecule has 0 saturated carbocycles. The van der Waals surface area contributed by atoms with Gasteiger partial charge in [-0.2, -0.15) is 5.10 Å². The van der Waals surface area contributed by atoms with Gasteiger partial charge in [-0.05, 0) is 50.1 Å². The minimum Gasteiger partial charge on any atom is -0.493 e. The van der Waals surface area contributed by atoms with E-state index in [1.807, 2.05) is 60.5 Å². The third-order valence-electron chi connectivity index (χ3n) is 5.02. The van der Waals surface area contributed by atoms with E-state index in [9.17, 15) is 4.79 Å². The number of hydrogen-bond donors (Lipinski definition) is 0. The van der Waals surface area contributed by atoms with Gasteiger partial charge >= 0.3 is 0 Å². The number of aryl methyl sites for hydroxylation is 1. The molecule has 6 heteroatoms. The lowest BCUT2D eigenvalue weighted by Gasteiger charge is -2.32. The number of hydrogen-bond acceptors (Lipinski definition) is 4. The summed E-state index contributed by atoms with van der Waals surface area (Å²) in [5, 5.41) is 4.24. The Morgan fingerprint density at radius 3 is 2.96 bits per heavy atom. The van der Waals surface area contributed by atoms with Crippen molar-refractivity contribution in [3.05, 3.63) is 72.3 Å². The molecule has 1 aliphatic rings. The monoisotopic (exact) mass is 376 g/mol. The van der Waals surface area contributed by atoms with E-state index in [4.69, 9.17) is 4.74 Å². The van der Waals surface area contributed by atoms with Crippen molar-refractivity contribution in [2.24, 2.45) is 5.92 Å².